The molecule has 1 aliphatic rings. The van der Waals surface area contributed by atoms with E-state index in [1.807, 2.05) is 48.6 Å². The number of fused-ring (bicyclic) bond motifs is 1. The number of cyclic esters (lactones) is 1. The van der Waals surface area contributed by atoms with Crippen molar-refractivity contribution in [1.29, 1.82) is 0 Å². The second-order valence-corrected chi connectivity index (χ2v) is 6.63. The number of ketones is 1. The number of carbonyl (C=O) groups excluding carboxylic acids is 2. The van der Waals surface area contributed by atoms with Gasteiger partial charge in [0.2, 0.25) is 0 Å². The van der Waals surface area contributed by atoms with Gasteiger partial charge in [-0.3, -0.25) is 4.79 Å². The van der Waals surface area contributed by atoms with E-state index in [9.17, 15) is 19.8 Å². The molecule has 5 nitrogen and oxygen atoms in total. The lowest BCUT2D eigenvalue weighted by Gasteiger charge is -2.13. The van der Waals surface area contributed by atoms with Crippen molar-refractivity contribution in [3.05, 3.63) is 82.9 Å². The molecule has 2 aromatic carbocycles. The molecule has 0 amide bonds. The topological polar surface area (TPSA) is 83.8 Å². The Kier molecular flexibility index (Phi) is 8.99. The normalized spacial score (nSPS) is 17.0. The number of hydrogen-bond acceptors (Lipinski definition) is 5. The van der Waals surface area contributed by atoms with Crippen molar-refractivity contribution in [3.63, 3.8) is 0 Å². The Bertz CT molecular complexity index is 861. The molecule has 0 aliphatic carbocycles. The van der Waals surface area contributed by atoms with E-state index in [1.165, 1.54) is 6.08 Å². The molecule has 2 aromatic rings. The second-order valence-electron chi connectivity index (χ2n) is 6.26. The number of ether oxygens (including phenoxy) is 1. The molecule has 0 bridgehead atoms. The van der Waals surface area contributed by atoms with Crippen LogP contribution < -0.4 is 0 Å². The minimum Gasteiger partial charge on any atom is -0.507 e. The van der Waals surface area contributed by atoms with Crippen LogP contribution in [0.15, 0.2) is 66.8 Å². The van der Waals surface area contributed by atoms with E-state index in [2.05, 4.69) is 0 Å². The SMILES string of the molecule is O=C1/C=C/CC/C=C/CCOC(=O)c2c(O)cc(O)c(Cl)c2C1.c1ccccc1. The Morgan fingerprint density at radius 2 is 1.41 bits per heavy atom. The number of carbonyl (C=O) groups is 2. The van der Waals surface area contributed by atoms with Gasteiger partial charge in [-0.1, -0.05) is 66.2 Å². The average molecular weight is 415 g/mol. The van der Waals surface area contributed by atoms with Crippen LogP contribution in [0.2, 0.25) is 5.02 Å². The highest BCUT2D eigenvalue weighted by atomic mass is 35.5. The van der Waals surface area contributed by atoms with Crippen LogP contribution in [-0.2, 0) is 16.0 Å². The lowest BCUT2D eigenvalue weighted by Crippen LogP contribution is -2.12. The Labute approximate surface area is 174 Å². The third-order valence-electron chi connectivity index (χ3n) is 4.03. The summed E-state index contributed by atoms with van der Waals surface area (Å²) in [5, 5.41) is 19.5. The lowest BCUT2D eigenvalue weighted by molar-refractivity contribution is -0.114. The zero-order valence-corrected chi connectivity index (χ0v) is 16.6. The first-order valence-electron chi connectivity index (χ1n) is 9.25. The van der Waals surface area contributed by atoms with Crippen molar-refractivity contribution in [3.8, 4) is 11.5 Å². The third-order valence-corrected chi connectivity index (χ3v) is 4.45. The number of allylic oxidation sites excluding steroid dienone is 3. The van der Waals surface area contributed by atoms with E-state index in [-0.39, 0.29) is 35.0 Å². The van der Waals surface area contributed by atoms with Crippen molar-refractivity contribution in [2.45, 2.75) is 25.7 Å². The van der Waals surface area contributed by atoms with Gasteiger partial charge in [0.05, 0.1) is 11.6 Å². The summed E-state index contributed by atoms with van der Waals surface area (Å²) < 4.78 is 5.10. The van der Waals surface area contributed by atoms with Gasteiger partial charge < -0.3 is 14.9 Å². The monoisotopic (exact) mass is 414 g/mol. The van der Waals surface area contributed by atoms with Crippen molar-refractivity contribution in [2.24, 2.45) is 0 Å². The largest absolute Gasteiger partial charge is 0.507 e. The van der Waals surface area contributed by atoms with Gasteiger partial charge in [0.25, 0.3) is 0 Å². The Hall–Kier alpha value is -3.05. The van der Waals surface area contributed by atoms with Crippen LogP contribution in [0.25, 0.3) is 0 Å². The predicted octanol–water partition coefficient (Wildman–Crippen LogP) is 5.00. The van der Waals surface area contributed by atoms with Crippen molar-refractivity contribution in [1.82, 2.24) is 0 Å². The first kappa shape index (κ1) is 22.2. The van der Waals surface area contributed by atoms with E-state index in [1.54, 1.807) is 6.08 Å². The van der Waals surface area contributed by atoms with Gasteiger partial charge >= 0.3 is 5.97 Å². The number of aromatic hydroxyl groups is 2. The summed E-state index contributed by atoms with van der Waals surface area (Å²) in [4.78, 5) is 24.2. The minimum atomic E-state index is -0.776. The number of esters is 1. The van der Waals surface area contributed by atoms with Gasteiger partial charge in [-0.05, 0) is 25.3 Å². The number of phenolic OH excluding ortho intramolecular Hbond substituents is 2. The third kappa shape index (κ3) is 7.12. The summed E-state index contributed by atoms with van der Waals surface area (Å²) in [6, 6.07) is 13.0. The Morgan fingerprint density at radius 3 is 2.07 bits per heavy atom. The maximum atomic E-state index is 12.2. The fourth-order valence-corrected chi connectivity index (χ4v) is 2.85. The van der Waals surface area contributed by atoms with E-state index in [0.717, 1.165) is 12.5 Å². The fraction of sp³-hybridized carbons (Fsp3) is 0.217. The number of halogens is 1. The summed E-state index contributed by atoms with van der Waals surface area (Å²) >= 11 is 6.01. The molecule has 0 unspecified atom stereocenters. The highest BCUT2D eigenvalue weighted by Gasteiger charge is 2.24. The number of hydrogen-bond donors (Lipinski definition) is 2. The Morgan fingerprint density at radius 1 is 0.828 bits per heavy atom. The van der Waals surface area contributed by atoms with E-state index >= 15 is 0 Å². The van der Waals surface area contributed by atoms with Crippen LogP contribution >= 0.6 is 11.6 Å². The van der Waals surface area contributed by atoms with Crippen LogP contribution in [0.4, 0.5) is 0 Å². The van der Waals surface area contributed by atoms with E-state index in [4.69, 9.17) is 16.3 Å². The summed E-state index contributed by atoms with van der Waals surface area (Å²) in [5.41, 5.74) is -0.119. The molecular formula is C23H23ClO5. The van der Waals surface area contributed by atoms with Crippen LogP contribution in [0.3, 0.4) is 0 Å². The first-order chi connectivity index (χ1) is 14.0. The highest BCUT2D eigenvalue weighted by molar-refractivity contribution is 6.33. The molecule has 0 aromatic heterocycles. The molecule has 6 heteroatoms. The van der Waals surface area contributed by atoms with Crippen molar-refractivity contribution in [2.75, 3.05) is 6.61 Å². The quantitative estimate of drug-likeness (QED) is 0.468. The molecule has 0 saturated heterocycles. The van der Waals surface area contributed by atoms with Crippen LogP contribution in [0.1, 0.15) is 35.2 Å². The first-order valence-corrected chi connectivity index (χ1v) is 9.63. The summed E-state index contributed by atoms with van der Waals surface area (Å²) in [6.45, 7) is 0.149. The average Bonchev–Trinajstić information content (AvgIpc) is 2.71. The smallest absolute Gasteiger partial charge is 0.342 e. The molecule has 0 fully saturated rings. The predicted molar refractivity (Wildman–Crippen MR) is 112 cm³/mol. The molecule has 2 N–H and O–H groups in total. The van der Waals surface area contributed by atoms with Gasteiger partial charge in [0.15, 0.2) is 5.78 Å². The fourth-order valence-electron chi connectivity index (χ4n) is 2.63. The number of benzene rings is 2. The van der Waals surface area contributed by atoms with E-state index < -0.39 is 17.5 Å². The summed E-state index contributed by atoms with van der Waals surface area (Å²) in [7, 11) is 0. The second kappa shape index (κ2) is 11.7. The van der Waals surface area contributed by atoms with Crippen LogP contribution in [-0.4, -0.2) is 28.6 Å². The van der Waals surface area contributed by atoms with E-state index in [0.29, 0.717) is 12.8 Å². The minimum absolute atomic E-state index is 0.0661. The number of rotatable bonds is 0. The zero-order chi connectivity index (χ0) is 21.1. The van der Waals surface area contributed by atoms with Gasteiger partial charge in [-0.15, -0.1) is 0 Å². The maximum absolute atomic E-state index is 12.2. The standard InChI is InChI=1S/C17H17ClO5.C6H6/c18-16-12-9-11(19)7-5-3-1-2-4-6-8-23-17(22)15(12)13(20)10-14(16)21;1-2-4-6-5-3-1/h2,4-5,7,10,20-21H,1,3,6,8-9H2;1-6H/b4-2+,7-5+;. The molecule has 152 valence electrons. The molecule has 29 heavy (non-hydrogen) atoms. The molecule has 0 spiro atoms. The van der Waals surface area contributed by atoms with Gasteiger partial charge in [-0.2, -0.15) is 0 Å². The number of phenols is 2. The summed E-state index contributed by atoms with van der Waals surface area (Å²) in [5.74, 6) is -1.92. The van der Waals surface area contributed by atoms with Crippen LogP contribution in [0.5, 0.6) is 11.5 Å². The molecule has 3 rings (SSSR count). The van der Waals surface area contributed by atoms with Gasteiger partial charge in [0, 0.05) is 18.1 Å². The maximum Gasteiger partial charge on any atom is 0.342 e. The molecule has 0 saturated carbocycles. The van der Waals surface area contributed by atoms with Gasteiger partial charge in [-0.25, -0.2) is 4.79 Å². The molecule has 0 radical (unpaired) electrons. The van der Waals surface area contributed by atoms with Crippen molar-refractivity contribution >= 4 is 23.4 Å². The van der Waals surface area contributed by atoms with Crippen LogP contribution in [0, 0.1) is 0 Å². The molecule has 0 atom stereocenters. The Balaban J connectivity index is 0.000000426. The highest BCUT2D eigenvalue weighted by Crippen LogP contribution is 2.37. The molecule has 1 aliphatic heterocycles. The molecular weight excluding hydrogens is 392 g/mol. The van der Waals surface area contributed by atoms with Gasteiger partial charge in [0.1, 0.15) is 17.1 Å². The zero-order valence-electron chi connectivity index (χ0n) is 15.9. The lowest BCUT2D eigenvalue weighted by atomic mass is 10.00. The summed E-state index contributed by atoms with van der Waals surface area (Å²) in [6.07, 6.45) is 8.84. The van der Waals surface area contributed by atoms with Crippen molar-refractivity contribution < 1.29 is 24.5 Å². The molecule has 1 heterocycles.